The van der Waals surface area contributed by atoms with Gasteiger partial charge in [0.05, 0.1) is 18.2 Å². The maximum absolute atomic E-state index is 13.9. The molecule has 0 spiro atoms. The van der Waals surface area contributed by atoms with E-state index in [1.807, 2.05) is 0 Å². The number of nitrogens with zero attached hydrogens (tertiary/aromatic N) is 6. The number of benzene rings is 1. The molecule has 2 amide bonds. The van der Waals surface area contributed by atoms with Gasteiger partial charge in [0.2, 0.25) is 5.82 Å². The van der Waals surface area contributed by atoms with Crippen LogP contribution in [0, 0.1) is 11.6 Å². The van der Waals surface area contributed by atoms with Gasteiger partial charge in [-0.25, -0.2) is 31.9 Å². The third-order valence-electron chi connectivity index (χ3n) is 5.97. The number of carbonyl (C=O) groups is 2. The van der Waals surface area contributed by atoms with Crippen molar-refractivity contribution in [2.75, 3.05) is 11.9 Å². The van der Waals surface area contributed by atoms with Gasteiger partial charge >= 0.3 is 0 Å². The summed E-state index contributed by atoms with van der Waals surface area (Å²) in [6, 6.07) is 4.30. The Labute approximate surface area is 190 Å². The molecule has 0 saturated heterocycles. The van der Waals surface area contributed by atoms with Crippen LogP contribution in [0.1, 0.15) is 40.6 Å². The lowest BCUT2D eigenvalue weighted by Gasteiger charge is -2.19. The van der Waals surface area contributed by atoms with Crippen LogP contribution in [0.5, 0.6) is 0 Å². The summed E-state index contributed by atoms with van der Waals surface area (Å²) >= 11 is 0. The van der Waals surface area contributed by atoms with E-state index < -0.39 is 41.3 Å². The van der Waals surface area contributed by atoms with Crippen molar-refractivity contribution >= 4 is 17.6 Å². The van der Waals surface area contributed by atoms with E-state index in [0.717, 1.165) is 6.07 Å². The lowest BCUT2D eigenvalue weighted by atomic mass is 10.2. The van der Waals surface area contributed by atoms with E-state index in [9.17, 15) is 27.2 Å². The molecule has 1 N–H and O–H groups in total. The number of aromatic nitrogens is 5. The summed E-state index contributed by atoms with van der Waals surface area (Å²) in [5.41, 5.74) is 0.279. The largest absolute Gasteiger partial charge is 0.337 e. The van der Waals surface area contributed by atoms with E-state index in [0.29, 0.717) is 5.82 Å². The van der Waals surface area contributed by atoms with Crippen LogP contribution >= 0.6 is 0 Å². The number of hydrogen-bond acceptors (Lipinski definition) is 5. The van der Waals surface area contributed by atoms with Crippen LogP contribution in [0.4, 0.5) is 23.4 Å². The molecule has 5 rings (SSSR count). The molecule has 1 aromatic carbocycles. The molecule has 2 aliphatic rings. The third kappa shape index (κ3) is 3.90. The molecule has 13 heteroatoms. The molecule has 1 aliphatic heterocycles. The zero-order valence-corrected chi connectivity index (χ0v) is 17.9. The Morgan fingerprint density at radius 1 is 1.26 bits per heavy atom. The molecule has 1 aliphatic carbocycles. The van der Waals surface area contributed by atoms with Crippen molar-refractivity contribution in [2.45, 2.75) is 43.8 Å². The molecule has 2 atom stereocenters. The maximum Gasteiger partial charge on any atom is 0.291 e. The van der Waals surface area contributed by atoms with Gasteiger partial charge in [0.1, 0.15) is 18.2 Å². The molecule has 0 unspecified atom stereocenters. The first-order valence-electron chi connectivity index (χ1n) is 10.5. The van der Waals surface area contributed by atoms with Crippen molar-refractivity contribution in [3.63, 3.8) is 0 Å². The molecule has 1 saturated carbocycles. The van der Waals surface area contributed by atoms with E-state index in [1.54, 1.807) is 0 Å². The van der Waals surface area contributed by atoms with E-state index in [2.05, 4.69) is 20.5 Å². The highest BCUT2D eigenvalue weighted by atomic mass is 19.3. The second kappa shape index (κ2) is 7.92. The van der Waals surface area contributed by atoms with Crippen LogP contribution in [-0.4, -0.2) is 55.4 Å². The van der Waals surface area contributed by atoms with Crippen LogP contribution < -0.4 is 10.2 Å². The first-order valence-corrected chi connectivity index (χ1v) is 10.5. The molecule has 34 heavy (non-hydrogen) atoms. The monoisotopic (exact) mass is 477 g/mol. The van der Waals surface area contributed by atoms with Crippen LogP contribution in [-0.2, 0) is 17.9 Å². The van der Waals surface area contributed by atoms with Crippen LogP contribution in [0.2, 0.25) is 0 Å². The van der Waals surface area contributed by atoms with Crippen LogP contribution in [0.3, 0.4) is 0 Å². The Morgan fingerprint density at radius 3 is 2.76 bits per heavy atom. The third-order valence-corrected chi connectivity index (χ3v) is 5.97. The van der Waals surface area contributed by atoms with Crippen molar-refractivity contribution < 1.29 is 27.2 Å². The molecule has 0 radical (unpaired) electrons. The SMILES string of the molecule is CN1C(=O)[C@@H](NC(=O)c2ncn(Cc3cccc(F)c3F)n2)CCn2nc([C@H]3CC3(F)F)cc21. The van der Waals surface area contributed by atoms with Gasteiger partial charge in [-0.2, -0.15) is 5.10 Å². The van der Waals surface area contributed by atoms with Crippen molar-refractivity contribution in [3.8, 4) is 0 Å². The fourth-order valence-corrected chi connectivity index (χ4v) is 3.96. The highest BCUT2D eigenvalue weighted by molar-refractivity contribution is 6.00. The Bertz CT molecular complexity index is 1290. The fraction of sp³-hybridized carbons (Fsp3) is 0.381. The number of aryl methyl sites for hydroxylation is 1. The van der Waals surface area contributed by atoms with E-state index in [4.69, 9.17) is 0 Å². The number of hydrogen-bond donors (Lipinski definition) is 1. The van der Waals surface area contributed by atoms with E-state index >= 15 is 0 Å². The molecule has 1 fully saturated rings. The zero-order chi connectivity index (χ0) is 24.2. The molecular weight excluding hydrogens is 458 g/mol. The second-order valence-corrected chi connectivity index (χ2v) is 8.36. The van der Waals surface area contributed by atoms with Gasteiger partial charge in [0.15, 0.2) is 11.6 Å². The zero-order valence-electron chi connectivity index (χ0n) is 17.9. The topological polar surface area (TPSA) is 97.9 Å². The van der Waals surface area contributed by atoms with Crippen LogP contribution in [0.25, 0.3) is 0 Å². The highest BCUT2D eigenvalue weighted by Gasteiger charge is 2.59. The van der Waals surface area contributed by atoms with Gasteiger partial charge in [-0.3, -0.25) is 14.5 Å². The quantitative estimate of drug-likeness (QED) is 0.568. The molecule has 178 valence electrons. The highest BCUT2D eigenvalue weighted by Crippen LogP contribution is 2.55. The smallest absolute Gasteiger partial charge is 0.291 e. The van der Waals surface area contributed by atoms with Gasteiger partial charge < -0.3 is 5.32 Å². The summed E-state index contributed by atoms with van der Waals surface area (Å²) in [7, 11) is 1.48. The van der Waals surface area contributed by atoms with Gasteiger partial charge in [-0.1, -0.05) is 12.1 Å². The Kier molecular flexibility index (Phi) is 5.14. The predicted molar refractivity (Wildman–Crippen MR) is 109 cm³/mol. The van der Waals surface area contributed by atoms with Crippen molar-refractivity contribution in [1.29, 1.82) is 0 Å². The average molecular weight is 477 g/mol. The number of carbonyl (C=O) groups excluding carboxylic acids is 2. The summed E-state index contributed by atoms with van der Waals surface area (Å²) in [6.07, 6.45) is 1.12. The lowest BCUT2D eigenvalue weighted by Crippen LogP contribution is -2.47. The number of halogens is 4. The Morgan fingerprint density at radius 2 is 2.03 bits per heavy atom. The minimum absolute atomic E-state index is 0.0372. The average Bonchev–Trinajstić information content (AvgIpc) is 3.15. The first kappa shape index (κ1) is 22.0. The molecule has 3 heterocycles. The second-order valence-electron chi connectivity index (χ2n) is 8.36. The van der Waals surface area contributed by atoms with E-state index in [-0.39, 0.29) is 43.0 Å². The van der Waals surface area contributed by atoms with Crippen LogP contribution in [0.15, 0.2) is 30.6 Å². The minimum Gasteiger partial charge on any atom is -0.337 e. The van der Waals surface area contributed by atoms with Crippen molar-refractivity contribution in [1.82, 2.24) is 29.9 Å². The number of anilines is 1. The standard InChI is InChI=1S/C21H19F4N7O2/c1-30-16-7-15(12-8-21(12,24)25)28-32(16)6-5-14(20(30)34)27-19(33)18-26-10-31(29-18)9-11-3-2-4-13(22)17(11)23/h2-4,7,10,12,14H,5-6,8-9H2,1H3,(H,27,33)/t12-,14+/m1/s1. The molecule has 9 nitrogen and oxygen atoms in total. The van der Waals surface area contributed by atoms with E-state index in [1.165, 1.54) is 45.8 Å². The maximum atomic E-state index is 13.9. The van der Waals surface area contributed by atoms with Gasteiger partial charge in [0, 0.05) is 31.6 Å². The molecule has 2 aromatic heterocycles. The minimum atomic E-state index is -2.77. The van der Waals surface area contributed by atoms with Gasteiger partial charge in [0.25, 0.3) is 17.7 Å². The number of likely N-dealkylation sites (N-methyl/N-ethyl adjacent to an activating group) is 1. The molecular formula is C21H19F4N7O2. The summed E-state index contributed by atoms with van der Waals surface area (Å²) in [5.74, 6) is -6.74. The summed E-state index contributed by atoms with van der Waals surface area (Å²) < 4.78 is 56.7. The Hall–Kier alpha value is -3.77. The summed E-state index contributed by atoms with van der Waals surface area (Å²) in [6.45, 7) is 0.0911. The van der Waals surface area contributed by atoms with Gasteiger partial charge in [-0.15, -0.1) is 5.10 Å². The molecule has 3 aromatic rings. The number of amides is 2. The predicted octanol–water partition coefficient (Wildman–Crippen LogP) is 2.09. The molecule has 0 bridgehead atoms. The Balaban J connectivity index is 1.26. The number of nitrogens with one attached hydrogen (secondary N) is 1. The number of alkyl halides is 2. The lowest BCUT2D eigenvalue weighted by molar-refractivity contribution is -0.120. The van der Waals surface area contributed by atoms with Crippen molar-refractivity contribution in [3.05, 3.63) is 59.3 Å². The summed E-state index contributed by atoms with van der Waals surface area (Å²) in [5, 5.41) is 10.8. The van der Waals surface area contributed by atoms with Gasteiger partial charge in [-0.05, 0) is 12.5 Å². The normalized spacial score (nSPS) is 21.2. The fourth-order valence-electron chi connectivity index (χ4n) is 3.96. The first-order chi connectivity index (χ1) is 16.1. The number of fused-ring (bicyclic) bond motifs is 1. The number of rotatable bonds is 5. The summed E-state index contributed by atoms with van der Waals surface area (Å²) in [4.78, 5) is 30.7. The van der Waals surface area contributed by atoms with Crippen molar-refractivity contribution in [2.24, 2.45) is 0 Å².